The fourth-order valence-electron chi connectivity index (χ4n) is 3.36. The van der Waals surface area contributed by atoms with Crippen LogP contribution in [0, 0.1) is 0 Å². The smallest absolute Gasteiger partial charge is 0.280 e. The second-order valence-electron chi connectivity index (χ2n) is 7.10. The van der Waals surface area contributed by atoms with Crippen molar-refractivity contribution in [3.63, 3.8) is 0 Å². The summed E-state index contributed by atoms with van der Waals surface area (Å²) in [5, 5.41) is 15.0. The zero-order valence-corrected chi connectivity index (χ0v) is 17.0. The minimum atomic E-state index is -0.747. The average molecular weight is 406 g/mol. The van der Waals surface area contributed by atoms with Crippen LogP contribution >= 0.6 is 0 Å². The molecule has 0 bridgehead atoms. The highest BCUT2D eigenvalue weighted by Crippen LogP contribution is 2.26. The van der Waals surface area contributed by atoms with Crippen molar-refractivity contribution < 1.29 is 9.90 Å². The van der Waals surface area contributed by atoms with Crippen LogP contribution in [0.1, 0.15) is 54.9 Å². The fourth-order valence-corrected chi connectivity index (χ4v) is 3.36. The Morgan fingerprint density at radius 1 is 1.17 bits per heavy atom. The Kier molecular flexibility index (Phi) is 7.32. The van der Waals surface area contributed by atoms with Crippen LogP contribution in [0.15, 0.2) is 58.7 Å². The summed E-state index contributed by atoms with van der Waals surface area (Å²) in [7, 11) is 0. The van der Waals surface area contributed by atoms with E-state index in [1.54, 1.807) is 47.3 Å². The molecule has 1 aromatic carbocycles. The van der Waals surface area contributed by atoms with Crippen LogP contribution in [0.4, 0.5) is 0 Å². The highest BCUT2D eigenvalue weighted by Gasteiger charge is 2.21. The minimum absolute atomic E-state index is 0.300. The van der Waals surface area contributed by atoms with Crippen molar-refractivity contribution in [2.45, 2.75) is 45.6 Å². The zero-order valence-electron chi connectivity index (χ0n) is 17.0. The lowest BCUT2D eigenvalue weighted by molar-refractivity contribution is 0.0950. The quantitative estimate of drug-likeness (QED) is 0.321. The molecule has 2 N–H and O–H groups in total. The zero-order chi connectivity index (χ0) is 21.3. The van der Waals surface area contributed by atoms with Crippen molar-refractivity contribution in [1.29, 1.82) is 0 Å². The van der Waals surface area contributed by atoms with Crippen molar-refractivity contribution in [2.75, 3.05) is 0 Å². The molecule has 2 heterocycles. The van der Waals surface area contributed by atoms with Gasteiger partial charge >= 0.3 is 0 Å². The number of carbonyl (C=O) groups is 1. The molecule has 0 saturated carbocycles. The molecule has 0 radical (unpaired) electrons. The number of hydrogen-bond donors (Lipinski definition) is 2. The lowest BCUT2D eigenvalue weighted by atomic mass is 10.1. The van der Waals surface area contributed by atoms with Crippen molar-refractivity contribution in [2.24, 2.45) is 5.10 Å². The van der Waals surface area contributed by atoms with E-state index in [4.69, 9.17) is 0 Å². The van der Waals surface area contributed by atoms with Gasteiger partial charge < -0.3 is 9.67 Å². The molecule has 7 heteroatoms. The van der Waals surface area contributed by atoms with Crippen LogP contribution in [-0.4, -0.2) is 26.8 Å². The van der Waals surface area contributed by atoms with Crippen LogP contribution in [0.5, 0.6) is 5.75 Å². The maximum absolute atomic E-state index is 13.1. The molecule has 0 atom stereocenters. The van der Waals surface area contributed by atoms with Crippen molar-refractivity contribution in [3.8, 4) is 5.75 Å². The summed E-state index contributed by atoms with van der Waals surface area (Å²) in [5.74, 6) is -1.07. The summed E-state index contributed by atoms with van der Waals surface area (Å²) in [6.07, 6.45) is 9.90. The first-order valence-electron chi connectivity index (χ1n) is 10.2. The number of nitrogens with one attached hydrogen (secondary N) is 1. The Morgan fingerprint density at radius 2 is 1.97 bits per heavy atom. The lowest BCUT2D eigenvalue weighted by Crippen LogP contribution is -2.31. The Morgan fingerprint density at radius 3 is 2.73 bits per heavy atom. The average Bonchev–Trinajstić information content (AvgIpc) is 2.76. The molecule has 3 rings (SSSR count). The number of fused-ring (bicyclic) bond motifs is 1. The molecular formula is C23H26N4O3. The van der Waals surface area contributed by atoms with Gasteiger partial charge in [-0.25, -0.2) is 5.43 Å². The van der Waals surface area contributed by atoms with Gasteiger partial charge in [0.1, 0.15) is 11.3 Å². The van der Waals surface area contributed by atoms with E-state index >= 15 is 0 Å². The summed E-state index contributed by atoms with van der Waals surface area (Å²) in [5.41, 5.74) is 2.83. The van der Waals surface area contributed by atoms with Crippen molar-refractivity contribution >= 4 is 23.0 Å². The molecule has 0 aliphatic rings. The number of aryl methyl sites for hydroxylation is 1. The van der Waals surface area contributed by atoms with E-state index in [-0.39, 0.29) is 11.3 Å². The third kappa shape index (κ3) is 4.92. The van der Waals surface area contributed by atoms with E-state index in [0.717, 1.165) is 32.1 Å². The SMILES string of the molecule is CCCCCCCn1c(=O)c(C(=O)NN=Cc2cccnc2)c(O)c2ccccc21. The normalized spacial score (nSPS) is 11.2. The Bertz CT molecular complexity index is 1090. The first-order chi connectivity index (χ1) is 14.6. The third-order valence-electron chi connectivity index (χ3n) is 4.92. The van der Waals surface area contributed by atoms with Gasteiger partial charge in [-0.15, -0.1) is 0 Å². The summed E-state index contributed by atoms with van der Waals surface area (Å²) >= 11 is 0. The molecule has 7 nitrogen and oxygen atoms in total. The van der Waals surface area contributed by atoms with E-state index in [0.29, 0.717) is 23.0 Å². The molecule has 0 saturated heterocycles. The predicted molar refractivity (Wildman–Crippen MR) is 118 cm³/mol. The van der Waals surface area contributed by atoms with Gasteiger partial charge in [-0.1, -0.05) is 50.8 Å². The van der Waals surface area contributed by atoms with Gasteiger partial charge in [-0.2, -0.15) is 5.10 Å². The molecule has 0 unspecified atom stereocenters. The summed E-state index contributed by atoms with van der Waals surface area (Å²) < 4.78 is 1.57. The minimum Gasteiger partial charge on any atom is -0.506 e. The van der Waals surface area contributed by atoms with Gasteiger partial charge in [0.2, 0.25) is 0 Å². The Balaban J connectivity index is 1.88. The van der Waals surface area contributed by atoms with E-state index in [1.165, 1.54) is 6.21 Å². The summed E-state index contributed by atoms with van der Waals surface area (Å²) in [6, 6.07) is 10.6. The maximum atomic E-state index is 13.1. The first kappa shape index (κ1) is 21.2. The fraction of sp³-hybridized carbons (Fsp3) is 0.304. The van der Waals surface area contributed by atoms with Crippen molar-refractivity contribution in [1.82, 2.24) is 15.0 Å². The largest absolute Gasteiger partial charge is 0.506 e. The second kappa shape index (κ2) is 10.3. The number of hydrogen-bond acceptors (Lipinski definition) is 5. The molecule has 3 aromatic rings. The summed E-state index contributed by atoms with van der Waals surface area (Å²) in [4.78, 5) is 29.7. The molecule has 0 aliphatic heterocycles. The number of nitrogens with zero attached hydrogens (tertiary/aromatic N) is 3. The number of carbonyl (C=O) groups excluding carboxylic acids is 1. The van der Waals surface area contributed by atoms with E-state index in [1.807, 2.05) is 6.07 Å². The van der Waals surface area contributed by atoms with Gasteiger partial charge in [0, 0.05) is 29.9 Å². The van der Waals surface area contributed by atoms with Crippen LogP contribution in [-0.2, 0) is 6.54 Å². The first-order valence-corrected chi connectivity index (χ1v) is 10.2. The standard InChI is InChI=1S/C23H26N4O3/c1-2-3-4-5-8-14-27-19-12-7-6-11-18(19)21(28)20(23(27)30)22(29)26-25-16-17-10-9-13-24-15-17/h6-7,9-13,15-16,28H,2-5,8,14H2,1H3,(H,26,29). The topological polar surface area (TPSA) is 96.6 Å². The highest BCUT2D eigenvalue weighted by atomic mass is 16.3. The molecule has 1 amide bonds. The van der Waals surface area contributed by atoms with Crippen LogP contribution in [0.3, 0.4) is 0 Å². The van der Waals surface area contributed by atoms with Gasteiger partial charge in [-0.05, 0) is 24.6 Å². The van der Waals surface area contributed by atoms with Gasteiger partial charge in [0.25, 0.3) is 11.5 Å². The highest BCUT2D eigenvalue weighted by molar-refractivity contribution is 6.02. The Labute approximate surface area is 175 Å². The van der Waals surface area contributed by atoms with E-state index in [2.05, 4.69) is 22.4 Å². The van der Waals surface area contributed by atoms with Gasteiger partial charge in [0.15, 0.2) is 0 Å². The van der Waals surface area contributed by atoms with Crippen LogP contribution in [0.2, 0.25) is 0 Å². The van der Waals surface area contributed by atoms with E-state index in [9.17, 15) is 14.7 Å². The number of unbranched alkanes of at least 4 members (excludes halogenated alkanes) is 4. The number of benzene rings is 1. The molecule has 0 fully saturated rings. The van der Waals surface area contributed by atoms with Crippen LogP contribution in [0.25, 0.3) is 10.9 Å². The maximum Gasteiger partial charge on any atom is 0.280 e. The Hall–Kier alpha value is -3.48. The molecule has 156 valence electrons. The predicted octanol–water partition coefficient (Wildman–Crippen LogP) is 3.84. The number of rotatable bonds is 9. The van der Waals surface area contributed by atoms with Crippen molar-refractivity contribution in [3.05, 3.63) is 70.3 Å². The monoisotopic (exact) mass is 406 g/mol. The number of aromatic hydroxyl groups is 1. The molecule has 2 aromatic heterocycles. The lowest BCUT2D eigenvalue weighted by Gasteiger charge is -2.14. The van der Waals surface area contributed by atoms with Gasteiger partial charge in [-0.3, -0.25) is 14.6 Å². The molecule has 0 aliphatic carbocycles. The number of hydrazone groups is 1. The second-order valence-corrected chi connectivity index (χ2v) is 7.10. The number of aromatic nitrogens is 2. The summed E-state index contributed by atoms with van der Waals surface area (Å²) in [6.45, 7) is 2.64. The third-order valence-corrected chi connectivity index (χ3v) is 4.92. The van der Waals surface area contributed by atoms with Gasteiger partial charge in [0.05, 0.1) is 11.7 Å². The molecule has 0 spiro atoms. The van der Waals surface area contributed by atoms with E-state index < -0.39 is 11.5 Å². The molecular weight excluding hydrogens is 380 g/mol. The molecule has 30 heavy (non-hydrogen) atoms. The van der Waals surface area contributed by atoms with Crippen LogP contribution < -0.4 is 11.0 Å². The number of pyridine rings is 2. The number of para-hydroxylation sites is 1. The number of amides is 1.